The zero-order chi connectivity index (χ0) is 67.9. The number of aliphatic hydroxyl groups is 1. The van der Waals surface area contributed by atoms with Gasteiger partial charge in [0.1, 0.15) is 19.3 Å². The minimum atomic E-state index is -4.95. The molecule has 0 saturated carbocycles. The first kappa shape index (κ1) is 90.1. The summed E-state index contributed by atoms with van der Waals surface area (Å²) < 4.78 is 68.2. The summed E-state index contributed by atoms with van der Waals surface area (Å²) in [5, 5.41) is 10.6. The van der Waals surface area contributed by atoms with Crippen LogP contribution in [-0.2, 0) is 65.4 Å². The van der Waals surface area contributed by atoms with Crippen molar-refractivity contribution in [3.8, 4) is 0 Å². The van der Waals surface area contributed by atoms with E-state index in [2.05, 4.69) is 41.5 Å². The molecule has 0 aliphatic rings. The van der Waals surface area contributed by atoms with E-state index in [9.17, 15) is 43.2 Å². The fourth-order valence-corrected chi connectivity index (χ4v) is 12.7. The van der Waals surface area contributed by atoms with E-state index >= 15 is 0 Å². The van der Waals surface area contributed by atoms with Gasteiger partial charge in [-0.1, -0.05) is 324 Å². The maximum absolute atomic E-state index is 13.0. The zero-order valence-electron chi connectivity index (χ0n) is 59.9. The van der Waals surface area contributed by atoms with E-state index in [-0.39, 0.29) is 25.7 Å². The molecule has 0 aromatic carbocycles. The van der Waals surface area contributed by atoms with Crippen LogP contribution in [-0.4, -0.2) is 96.7 Å². The van der Waals surface area contributed by atoms with Crippen LogP contribution in [0.4, 0.5) is 0 Å². The van der Waals surface area contributed by atoms with Crippen LogP contribution in [0, 0.1) is 11.8 Å². The summed E-state index contributed by atoms with van der Waals surface area (Å²) in [6, 6.07) is 0. The van der Waals surface area contributed by atoms with Gasteiger partial charge in [0.25, 0.3) is 0 Å². The van der Waals surface area contributed by atoms with Gasteiger partial charge in [0.15, 0.2) is 12.2 Å². The highest BCUT2D eigenvalue weighted by Gasteiger charge is 2.30. The summed E-state index contributed by atoms with van der Waals surface area (Å²) in [7, 11) is -9.90. The maximum Gasteiger partial charge on any atom is 0.472 e. The van der Waals surface area contributed by atoms with Crippen LogP contribution >= 0.6 is 15.6 Å². The summed E-state index contributed by atoms with van der Waals surface area (Å²) in [5.41, 5.74) is 0. The molecule has 0 rings (SSSR count). The number of hydrogen-bond acceptors (Lipinski definition) is 15. The third-order valence-corrected chi connectivity index (χ3v) is 18.9. The standard InChI is InChI=1S/C73H142O17P2/c1-7-9-11-13-14-15-16-17-18-22-29-34-39-45-51-57-72(77)89-68(61-83-70(75)55-49-41-12-10-8-2)63-87-91(79,80)85-59-67(74)60-86-92(81,82)88-64-69(62-84-71(76)56-50-44-38-33-28-25-24-27-32-37-43-48-54-66(5)6)90-73(78)58-52-46-40-35-30-23-20-19-21-26-31-36-42-47-53-65(3)4/h65-69,74H,7-64H2,1-6H3,(H,79,80)(H,81,82)/t67-,68+,69+/m0/s1. The molecule has 5 atom stereocenters. The van der Waals surface area contributed by atoms with Crippen molar-refractivity contribution in [2.45, 2.75) is 394 Å². The highest BCUT2D eigenvalue weighted by molar-refractivity contribution is 7.47. The molecule has 0 aliphatic heterocycles. The molecule has 0 fully saturated rings. The average molecular weight is 1350 g/mol. The van der Waals surface area contributed by atoms with Crippen LogP contribution in [0.1, 0.15) is 375 Å². The van der Waals surface area contributed by atoms with Crippen molar-refractivity contribution in [1.29, 1.82) is 0 Å². The Balaban J connectivity index is 5.15. The lowest BCUT2D eigenvalue weighted by Crippen LogP contribution is -2.30. The largest absolute Gasteiger partial charge is 0.472 e. The van der Waals surface area contributed by atoms with Crippen molar-refractivity contribution in [2.24, 2.45) is 11.8 Å². The smallest absolute Gasteiger partial charge is 0.462 e. The second-order valence-corrected chi connectivity index (χ2v) is 30.2. The van der Waals surface area contributed by atoms with E-state index in [1.54, 1.807) is 0 Å². The third kappa shape index (κ3) is 66.7. The number of unbranched alkanes of at least 4 members (excludes halogenated alkanes) is 42. The van der Waals surface area contributed by atoms with Gasteiger partial charge in [0.2, 0.25) is 0 Å². The molecule has 17 nitrogen and oxygen atoms in total. The predicted octanol–water partition coefficient (Wildman–Crippen LogP) is 21.2. The third-order valence-electron chi connectivity index (χ3n) is 17.0. The molecule has 0 amide bonds. The van der Waals surface area contributed by atoms with Gasteiger partial charge in [-0.25, -0.2) is 9.13 Å². The van der Waals surface area contributed by atoms with E-state index in [0.29, 0.717) is 25.7 Å². The summed E-state index contributed by atoms with van der Waals surface area (Å²) in [4.78, 5) is 72.4. The summed E-state index contributed by atoms with van der Waals surface area (Å²) in [6.07, 6.45) is 51.6. The topological polar surface area (TPSA) is 237 Å². The number of phosphoric acid groups is 2. The number of aliphatic hydroxyl groups excluding tert-OH is 1. The molecule has 0 radical (unpaired) electrons. The molecule has 0 bridgehead atoms. The Morgan fingerprint density at radius 2 is 0.500 bits per heavy atom. The van der Waals surface area contributed by atoms with E-state index in [0.717, 1.165) is 108 Å². The quantitative estimate of drug-likeness (QED) is 0.0222. The number of rotatable bonds is 72. The minimum absolute atomic E-state index is 0.107. The Morgan fingerprint density at radius 3 is 0.739 bits per heavy atom. The molecule has 3 N–H and O–H groups in total. The Labute approximate surface area is 562 Å². The predicted molar refractivity (Wildman–Crippen MR) is 372 cm³/mol. The second-order valence-electron chi connectivity index (χ2n) is 27.3. The number of esters is 4. The van der Waals surface area contributed by atoms with Gasteiger partial charge in [-0.2, -0.15) is 0 Å². The van der Waals surface area contributed by atoms with Gasteiger partial charge in [0, 0.05) is 25.7 Å². The molecule has 0 spiro atoms. The fourth-order valence-electron chi connectivity index (χ4n) is 11.1. The Morgan fingerprint density at radius 1 is 0.293 bits per heavy atom. The zero-order valence-corrected chi connectivity index (χ0v) is 61.6. The normalized spacial score (nSPS) is 14.1. The van der Waals surface area contributed by atoms with E-state index in [1.807, 2.05) is 0 Å². The summed E-state index contributed by atoms with van der Waals surface area (Å²) in [6.45, 7) is 9.53. The van der Waals surface area contributed by atoms with E-state index in [4.69, 9.17) is 37.0 Å². The molecular weight excluding hydrogens is 1210 g/mol. The van der Waals surface area contributed by atoms with Crippen molar-refractivity contribution >= 4 is 39.5 Å². The van der Waals surface area contributed by atoms with Crippen molar-refractivity contribution in [3.63, 3.8) is 0 Å². The first-order chi connectivity index (χ1) is 44.4. The van der Waals surface area contributed by atoms with Gasteiger partial charge in [-0.05, 0) is 37.5 Å². The fraction of sp³-hybridized carbons (Fsp3) is 0.945. The molecule has 0 aromatic heterocycles. The summed E-state index contributed by atoms with van der Waals surface area (Å²) in [5.74, 6) is -0.552. The van der Waals surface area contributed by atoms with Crippen molar-refractivity contribution in [1.82, 2.24) is 0 Å². The van der Waals surface area contributed by atoms with Gasteiger partial charge in [0.05, 0.1) is 26.4 Å². The average Bonchev–Trinajstić information content (AvgIpc) is 1.82. The lowest BCUT2D eigenvalue weighted by atomic mass is 10.0. The molecule has 0 aromatic rings. The first-order valence-electron chi connectivity index (χ1n) is 38.0. The van der Waals surface area contributed by atoms with Crippen molar-refractivity contribution < 1.29 is 80.2 Å². The van der Waals surface area contributed by atoms with Crippen molar-refractivity contribution in [3.05, 3.63) is 0 Å². The molecular formula is C73H142O17P2. The van der Waals surface area contributed by atoms with Crippen LogP contribution in [0.3, 0.4) is 0 Å². The Bertz CT molecular complexity index is 1790. The van der Waals surface area contributed by atoms with Crippen LogP contribution < -0.4 is 0 Å². The van der Waals surface area contributed by atoms with E-state index < -0.39 is 97.5 Å². The van der Waals surface area contributed by atoms with Crippen molar-refractivity contribution in [2.75, 3.05) is 39.6 Å². The maximum atomic E-state index is 13.0. The highest BCUT2D eigenvalue weighted by atomic mass is 31.2. The minimum Gasteiger partial charge on any atom is -0.462 e. The number of hydrogen-bond donors (Lipinski definition) is 3. The second kappa shape index (κ2) is 65.0. The summed E-state index contributed by atoms with van der Waals surface area (Å²) >= 11 is 0. The van der Waals surface area contributed by atoms with Crippen LogP contribution in [0.5, 0.6) is 0 Å². The molecule has 2 unspecified atom stereocenters. The highest BCUT2D eigenvalue weighted by Crippen LogP contribution is 2.45. The lowest BCUT2D eigenvalue weighted by Gasteiger charge is -2.21. The molecule has 19 heteroatoms. The number of ether oxygens (including phenoxy) is 4. The van der Waals surface area contributed by atoms with Gasteiger partial charge < -0.3 is 33.8 Å². The number of phosphoric ester groups is 2. The molecule has 0 heterocycles. The molecule has 92 heavy (non-hydrogen) atoms. The molecule has 546 valence electrons. The van der Waals surface area contributed by atoms with Gasteiger partial charge in [-0.3, -0.25) is 37.3 Å². The SMILES string of the molecule is CCCCCCCCCCCCCCCCCC(=O)O[C@H](COC(=O)CCCCCCC)COP(=O)(O)OC[C@H](O)COP(=O)(O)OC[C@@H](COC(=O)CCCCCCCCCCCCCCC(C)C)OC(=O)CCCCCCCCCCCCCCCCC(C)C. The Kier molecular flexibility index (Phi) is 63.7. The molecule has 0 saturated heterocycles. The van der Waals surface area contributed by atoms with E-state index in [1.165, 1.54) is 186 Å². The first-order valence-corrected chi connectivity index (χ1v) is 41.0. The van der Waals surface area contributed by atoms with Gasteiger partial charge >= 0.3 is 39.5 Å². The number of carbonyl (C=O) groups is 4. The number of carbonyl (C=O) groups excluding carboxylic acids is 4. The lowest BCUT2D eigenvalue weighted by molar-refractivity contribution is -0.161. The Hall–Kier alpha value is -1.94. The van der Waals surface area contributed by atoms with Crippen LogP contribution in [0.25, 0.3) is 0 Å². The molecule has 0 aliphatic carbocycles. The van der Waals surface area contributed by atoms with Gasteiger partial charge in [-0.15, -0.1) is 0 Å². The van der Waals surface area contributed by atoms with Crippen LogP contribution in [0.2, 0.25) is 0 Å². The van der Waals surface area contributed by atoms with Crippen LogP contribution in [0.15, 0.2) is 0 Å². The monoisotopic (exact) mass is 1350 g/mol.